The SMILES string of the molecule is C=CCN(C)Cc1nnc2n1-c1cccc(Br)c1C(c1ccccc1)=NC2CC. The molecule has 0 bridgehead atoms. The first-order valence-electron chi connectivity index (χ1n) is 9.80. The highest BCUT2D eigenvalue weighted by molar-refractivity contribution is 9.10. The first-order chi connectivity index (χ1) is 14.1. The number of nitrogens with zero attached hydrogens (tertiary/aromatic N) is 5. The first-order valence-corrected chi connectivity index (χ1v) is 10.6. The maximum absolute atomic E-state index is 5.17. The molecule has 3 aromatic rings. The molecule has 1 atom stereocenters. The molecule has 0 saturated carbocycles. The fourth-order valence-corrected chi connectivity index (χ4v) is 4.28. The molecule has 6 heteroatoms. The van der Waals surface area contributed by atoms with Crippen molar-refractivity contribution in [2.75, 3.05) is 13.6 Å². The third-order valence-electron chi connectivity index (χ3n) is 5.09. The number of halogens is 1. The van der Waals surface area contributed by atoms with Crippen molar-refractivity contribution in [2.45, 2.75) is 25.9 Å². The zero-order valence-electron chi connectivity index (χ0n) is 16.7. The van der Waals surface area contributed by atoms with Gasteiger partial charge in [0.15, 0.2) is 11.6 Å². The molecule has 1 unspecified atom stereocenters. The molecule has 148 valence electrons. The van der Waals surface area contributed by atoms with Crippen molar-refractivity contribution in [1.29, 1.82) is 0 Å². The summed E-state index contributed by atoms with van der Waals surface area (Å²) in [5.41, 5.74) is 4.21. The van der Waals surface area contributed by atoms with Crippen molar-refractivity contribution in [3.05, 3.63) is 88.4 Å². The Bertz CT molecular complexity index is 1050. The van der Waals surface area contributed by atoms with Gasteiger partial charge in [0.25, 0.3) is 0 Å². The van der Waals surface area contributed by atoms with Crippen molar-refractivity contribution in [1.82, 2.24) is 19.7 Å². The molecular weight excluding hydrogens is 426 g/mol. The van der Waals surface area contributed by atoms with Gasteiger partial charge >= 0.3 is 0 Å². The molecule has 0 saturated heterocycles. The van der Waals surface area contributed by atoms with Gasteiger partial charge in [0.1, 0.15) is 6.04 Å². The molecule has 0 aliphatic carbocycles. The van der Waals surface area contributed by atoms with Gasteiger partial charge in [0.05, 0.1) is 17.9 Å². The Kier molecular flexibility index (Phi) is 5.74. The van der Waals surface area contributed by atoms with Gasteiger partial charge < -0.3 is 0 Å². The summed E-state index contributed by atoms with van der Waals surface area (Å²) in [6.07, 6.45) is 2.75. The van der Waals surface area contributed by atoms with Crippen LogP contribution in [0.25, 0.3) is 5.69 Å². The standard InChI is InChI=1S/C23H24BrN5/c1-4-14-28(3)15-20-26-27-23-18(5-2)25-22(16-10-7-6-8-11-16)21-17(24)12-9-13-19(21)29(20)23/h4,6-13,18H,1,5,14-15H2,2-3H3. The number of benzene rings is 2. The highest BCUT2D eigenvalue weighted by Gasteiger charge is 2.29. The van der Waals surface area contributed by atoms with Gasteiger partial charge in [0.2, 0.25) is 0 Å². The van der Waals surface area contributed by atoms with Crippen molar-refractivity contribution in [3.63, 3.8) is 0 Å². The van der Waals surface area contributed by atoms with E-state index in [1.165, 1.54) is 0 Å². The lowest BCUT2D eigenvalue weighted by atomic mass is 10.0. The monoisotopic (exact) mass is 449 g/mol. The molecule has 0 radical (unpaired) electrons. The second-order valence-electron chi connectivity index (χ2n) is 7.20. The highest BCUT2D eigenvalue weighted by Crippen LogP contribution is 2.35. The predicted octanol–water partition coefficient (Wildman–Crippen LogP) is 4.95. The second-order valence-corrected chi connectivity index (χ2v) is 8.05. The molecular formula is C23H24BrN5. The van der Waals surface area contributed by atoms with Gasteiger partial charge in [-0.2, -0.15) is 0 Å². The van der Waals surface area contributed by atoms with E-state index >= 15 is 0 Å². The van der Waals surface area contributed by atoms with Crippen molar-refractivity contribution >= 4 is 21.6 Å². The van der Waals surface area contributed by atoms with E-state index in [9.17, 15) is 0 Å². The van der Waals surface area contributed by atoms with Crippen molar-refractivity contribution in [2.24, 2.45) is 4.99 Å². The van der Waals surface area contributed by atoms with Gasteiger partial charge in [-0.3, -0.25) is 14.5 Å². The minimum atomic E-state index is -0.0598. The van der Waals surface area contributed by atoms with E-state index in [4.69, 9.17) is 4.99 Å². The predicted molar refractivity (Wildman–Crippen MR) is 121 cm³/mol. The van der Waals surface area contributed by atoms with E-state index in [1.807, 2.05) is 12.1 Å². The minimum Gasteiger partial charge on any atom is -0.295 e. The van der Waals surface area contributed by atoms with E-state index in [2.05, 4.69) is 98.6 Å². The molecule has 5 nitrogen and oxygen atoms in total. The first kappa shape index (κ1) is 19.7. The number of likely N-dealkylation sites (N-methyl/N-ethyl adjacent to an activating group) is 1. The maximum Gasteiger partial charge on any atom is 0.162 e. The molecule has 4 rings (SSSR count). The fourth-order valence-electron chi connectivity index (χ4n) is 3.74. The number of hydrogen-bond donors (Lipinski definition) is 0. The molecule has 1 aromatic heterocycles. The van der Waals surface area contributed by atoms with Crippen LogP contribution in [0.3, 0.4) is 0 Å². The van der Waals surface area contributed by atoms with Crippen LogP contribution in [0.2, 0.25) is 0 Å². The molecule has 2 aromatic carbocycles. The lowest BCUT2D eigenvalue weighted by Crippen LogP contribution is -2.21. The molecule has 2 heterocycles. The Balaban J connectivity index is 1.95. The van der Waals surface area contributed by atoms with Crippen LogP contribution in [0, 0.1) is 0 Å². The van der Waals surface area contributed by atoms with E-state index in [0.717, 1.165) is 51.6 Å². The van der Waals surface area contributed by atoms with Crippen molar-refractivity contribution in [3.8, 4) is 5.69 Å². The second kappa shape index (κ2) is 8.43. The zero-order chi connectivity index (χ0) is 20.4. The third kappa shape index (κ3) is 3.70. The van der Waals surface area contributed by atoms with E-state index in [-0.39, 0.29) is 6.04 Å². The molecule has 0 N–H and O–H groups in total. The minimum absolute atomic E-state index is 0.0598. The van der Waals surface area contributed by atoms with Crippen LogP contribution in [-0.4, -0.2) is 39.0 Å². The summed E-state index contributed by atoms with van der Waals surface area (Å²) in [6, 6.07) is 16.5. The van der Waals surface area contributed by atoms with Crippen LogP contribution in [0.5, 0.6) is 0 Å². The Hall–Kier alpha value is -2.57. The van der Waals surface area contributed by atoms with Crippen LogP contribution in [0.1, 0.15) is 42.2 Å². The van der Waals surface area contributed by atoms with E-state index in [0.29, 0.717) is 6.54 Å². The van der Waals surface area contributed by atoms with Crippen LogP contribution in [0.15, 0.2) is 70.7 Å². The fraction of sp³-hybridized carbons (Fsp3) is 0.261. The van der Waals surface area contributed by atoms with Crippen LogP contribution in [-0.2, 0) is 6.54 Å². The summed E-state index contributed by atoms with van der Waals surface area (Å²) < 4.78 is 3.20. The topological polar surface area (TPSA) is 46.3 Å². The Morgan fingerprint density at radius 2 is 1.93 bits per heavy atom. The molecule has 1 aliphatic rings. The molecule has 1 aliphatic heterocycles. The lowest BCUT2D eigenvalue weighted by Gasteiger charge is -2.18. The van der Waals surface area contributed by atoms with Crippen LogP contribution < -0.4 is 0 Å². The number of aromatic nitrogens is 3. The van der Waals surface area contributed by atoms with Crippen LogP contribution in [0.4, 0.5) is 0 Å². The molecule has 29 heavy (non-hydrogen) atoms. The summed E-state index contributed by atoms with van der Waals surface area (Å²) in [4.78, 5) is 7.34. The van der Waals surface area contributed by atoms with E-state index < -0.39 is 0 Å². The quantitative estimate of drug-likeness (QED) is 0.500. The van der Waals surface area contributed by atoms with Gasteiger partial charge in [-0.05, 0) is 25.6 Å². The van der Waals surface area contributed by atoms with E-state index in [1.54, 1.807) is 0 Å². The summed E-state index contributed by atoms with van der Waals surface area (Å²) >= 11 is 3.78. The smallest absolute Gasteiger partial charge is 0.162 e. The Labute approximate surface area is 179 Å². The summed E-state index contributed by atoms with van der Waals surface area (Å²) in [7, 11) is 2.06. The molecule has 0 amide bonds. The molecule has 0 fully saturated rings. The zero-order valence-corrected chi connectivity index (χ0v) is 18.3. The van der Waals surface area contributed by atoms with Gasteiger partial charge in [0, 0.05) is 22.1 Å². The number of fused-ring (bicyclic) bond motifs is 3. The lowest BCUT2D eigenvalue weighted by molar-refractivity contribution is 0.350. The normalized spacial score (nSPS) is 15.4. The Morgan fingerprint density at radius 1 is 1.14 bits per heavy atom. The van der Waals surface area contributed by atoms with Gasteiger partial charge in [-0.15, -0.1) is 16.8 Å². The third-order valence-corrected chi connectivity index (χ3v) is 5.75. The van der Waals surface area contributed by atoms with Crippen LogP contribution >= 0.6 is 15.9 Å². The maximum atomic E-state index is 5.17. The summed E-state index contributed by atoms with van der Waals surface area (Å²) in [5.74, 6) is 1.80. The molecule has 0 spiro atoms. The average Bonchev–Trinajstić information content (AvgIpc) is 3.06. The largest absolute Gasteiger partial charge is 0.295 e. The number of aliphatic imine (C=N–C) groups is 1. The summed E-state index contributed by atoms with van der Waals surface area (Å²) in [6.45, 7) is 7.45. The Morgan fingerprint density at radius 3 is 2.66 bits per heavy atom. The van der Waals surface area contributed by atoms with Gasteiger partial charge in [-0.1, -0.05) is 65.3 Å². The number of hydrogen-bond acceptors (Lipinski definition) is 4. The summed E-state index contributed by atoms with van der Waals surface area (Å²) in [5, 5.41) is 9.12. The van der Waals surface area contributed by atoms with Crippen molar-refractivity contribution < 1.29 is 0 Å². The van der Waals surface area contributed by atoms with Gasteiger partial charge in [-0.25, -0.2) is 0 Å². The average molecular weight is 450 g/mol. The highest BCUT2D eigenvalue weighted by atomic mass is 79.9. The number of rotatable bonds is 6.